The van der Waals surface area contributed by atoms with Crippen LogP contribution in [-0.2, 0) is 6.54 Å². The first-order chi connectivity index (χ1) is 7.36. The van der Waals surface area contributed by atoms with Crippen molar-refractivity contribution in [2.75, 3.05) is 26.2 Å². The Kier molecular flexibility index (Phi) is 2.46. The third-order valence-electron chi connectivity index (χ3n) is 3.64. The van der Waals surface area contributed by atoms with Crippen LogP contribution in [0.15, 0.2) is 5.38 Å². The lowest BCUT2D eigenvalue weighted by Gasteiger charge is -2.22. The highest BCUT2D eigenvalue weighted by atomic mass is 32.1. The zero-order valence-corrected chi connectivity index (χ0v) is 9.59. The van der Waals surface area contributed by atoms with Crippen LogP contribution < -0.4 is 5.32 Å². The topological polar surface area (TPSA) is 41.1 Å². The van der Waals surface area contributed by atoms with Gasteiger partial charge in [-0.2, -0.15) is 0 Å². The fourth-order valence-electron chi connectivity index (χ4n) is 2.79. The third-order valence-corrected chi connectivity index (χ3v) is 4.19. The molecule has 0 aromatic carbocycles. The van der Waals surface area contributed by atoms with E-state index in [-0.39, 0.29) is 0 Å². The van der Waals surface area contributed by atoms with E-state index in [1.807, 2.05) is 0 Å². The Morgan fingerprint density at radius 2 is 2.53 bits per heavy atom. The van der Waals surface area contributed by atoms with Gasteiger partial charge in [0.15, 0.2) is 0 Å². The van der Waals surface area contributed by atoms with Crippen molar-refractivity contribution in [1.29, 1.82) is 0 Å². The maximum absolute atomic E-state index is 4.11. The Bertz CT molecular complexity index is 318. The normalized spacial score (nSPS) is 31.7. The Balaban J connectivity index is 1.61. The van der Waals surface area contributed by atoms with Gasteiger partial charge in [-0.1, -0.05) is 4.49 Å². The molecule has 0 aliphatic carbocycles. The molecular weight excluding hydrogens is 208 g/mol. The second-order valence-corrected chi connectivity index (χ2v) is 5.39. The highest BCUT2D eigenvalue weighted by Crippen LogP contribution is 2.36. The van der Waals surface area contributed by atoms with Crippen molar-refractivity contribution in [3.63, 3.8) is 0 Å². The van der Waals surface area contributed by atoms with Crippen molar-refractivity contribution in [3.8, 4) is 0 Å². The first kappa shape index (κ1) is 9.69. The molecule has 2 aliphatic rings. The summed E-state index contributed by atoms with van der Waals surface area (Å²) in [6.45, 7) is 5.85. The summed E-state index contributed by atoms with van der Waals surface area (Å²) in [6, 6.07) is 0. The number of hydrogen-bond acceptors (Lipinski definition) is 5. The van der Waals surface area contributed by atoms with E-state index in [4.69, 9.17) is 0 Å². The number of aromatic nitrogens is 2. The molecule has 3 heterocycles. The lowest BCUT2D eigenvalue weighted by molar-refractivity contribution is 0.266. The zero-order valence-electron chi connectivity index (χ0n) is 8.78. The van der Waals surface area contributed by atoms with Crippen molar-refractivity contribution < 1.29 is 0 Å². The van der Waals surface area contributed by atoms with Crippen molar-refractivity contribution in [3.05, 3.63) is 11.1 Å². The van der Waals surface area contributed by atoms with E-state index >= 15 is 0 Å². The summed E-state index contributed by atoms with van der Waals surface area (Å²) >= 11 is 1.45. The Morgan fingerprint density at radius 3 is 3.27 bits per heavy atom. The number of nitrogens with one attached hydrogen (secondary N) is 1. The SMILES string of the molecule is c1snnc1CN1CCC2(CCNC2)C1. The molecule has 1 atom stereocenters. The Hall–Kier alpha value is -0.520. The van der Waals surface area contributed by atoms with Gasteiger partial charge in [-0.05, 0) is 42.9 Å². The van der Waals surface area contributed by atoms with Crippen molar-refractivity contribution >= 4 is 11.5 Å². The molecule has 2 aliphatic heterocycles. The molecule has 1 spiro atoms. The minimum atomic E-state index is 0.573. The van der Waals surface area contributed by atoms with E-state index in [0.717, 1.165) is 12.2 Å². The molecule has 82 valence electrons. The molecule has 0 bridgehead atoms. The molecule has 3 rings (SSSR count). The molecule has 2 fully saturated rings. The molecule has 5 heteroatoms. The fourth-order valence-corrected chi connectivity index (χ4v) is 3.23. The lowest BCUT2D eigenvalue weighted by atomic mass is 9.87. The molecule has 1 aromatic rings. The summed E-state index contributed by atoms with van der Waals surface area (Å²) in [5.74, 6) is 0. The number of likely N-dealkylation sites (tertiary alicyclic amines) is 1. The van der Waals surface area contributed by atoms with Gasteiger partial charge in [0.2, 0.25) is 0 Å². The van der Waals surface area contributed by atoms with Gasteiger partial charge in [-0.15, -0.1) is 5.10 Å². The number of rotatable bonds is 2. The second kappa shape index (κ2) is 3.81. The number of nitrogens with zero attached hydrogens (tertiary/aromatic N) is 3. The van der Waals surface area contributed by atoms with E-state index in [1.54, 1.807) is 0 Å². The van der Waals surface area contributed by atoms with Gasteiger partial charge in [0.05, 0.1) is 5.69 Å². The van der Waals surface area contributed by atoms with Gasteiger partial charge >= 0.3 is 0 Å². The predicted molar refractivity (Wildman–Crippen MR) is 59.7 cm³/mol. The van der Waals surface area contributed by atoms with Gasteiger partial charge in [0, 0.05) is 25.0 Å². The minimum absolute atomic E-state index is 0.573. The van der Waals surface area contributed by atoms with Gasteiger partial charge in [-0.3, -0.25) is 4.90 Å². The Labute approximate surface area is 93.8 Å². The van der Waals surface area contributed by atoms with E-state index in [0.29, 0.717) is 5.41 Å². The highest BCUT2D eigenvalue weighted by molar-refractivity contribution is 7.03. The van der Waals surface area contributed by atoms with Crippen LogP contribution >= 0.6 is 11.5 Å². The quantitative estimate of drug-likeness (QED) is 0.804. The van der Waals surface area contributed by atoms with Gasteiger partial charge in [0.1, 0.15) is 0 Å². The van der Waals surface area contributed by atoms with Crippen LogP contribution in [0.3, 0.4) is 0 Å². The first-order valence-electron chi connectivity index (χ1n) is 5.55. The zero-order chi connectivity index (χ0) is 10.1. The maximum atomic E-state index is 4.11. The molecule has 15 heavy (non-hydrogen) atoms. The second-order valence-electron chi connectivity index (χ2n) is 4.78. The summed E-state index contributed by atoms with van der Waals surface area (Å²) in [4.78, 5) is 2.52. The molecular formula is C10H16N4S. The summed E-state index contributed by atoms with van der Waals surface area (Å²) < 4.78 is 3.91. The van der Waals surface area contributed by atoms with Crippen LogP contribution in [0.25, 0.3) is 0 Å². The summed E-state index contributed by atoms with van der Waals surface area (Å²) in [5.41, 5.74) is 1.70. The number of hydrogen-bond donors (Lipinski definition) is 1. The van der Waals surface area contributed by atoms with E-state index in [2.05, 4.69) is 25.2 Å². The summed E-state index contributed by atoms with van der Waals surface area (Å²) in [6.07, 6.45) is 2.69. The van der Waals surface area contributed by atoms with E-state index in [9.17, 15) is 0 Å². The van der Waals surface area contributed by atoms with Crippen LogP contribution in [0, 0.1) is 5.41 Å². The molecule has 0 amide bonds. The third kappa shape index (κ3) is 1.91. The molecule has 1 N–H and O–H groups in total. The highest BCUT2D eigenvalue weighted by Gasteiger charge is 2.40. The van der Waals surface area contributed by atoms with E-state index in [1.165, 1.54) is 50.6 Å². The van der Waals surface area contributed by atoms with Gasteiger partial charge in [-0.25, -0.2) is 0 Å². The maximum Gasteiger partial charge on any atom is 0.0895 e. The fraction of sp³-hybridized carbons (Fsp3) is 0.800. The minimum Gasteiger partial charge on any atom is -0.316 e. The van der Waals surface area contributed by atoms with Crippen LogP contribution in [0.5, 0.6) is 0 Å². The summed E-state index contributed by atoms with van der Waals surface area (Å²) in [7, 11) is 0. The summed E-state index contributed by atoms with van der Waals surface area (Å²) in [5, 5.41) is 9.64. The van der Waals surface area contributed by atoms with Crippen LogP contribution in [-0.4, -0.2) is 40.7 Å². The van der Waals surface area contributed by atoms with Crippen molar-refractivity contribution in [1.82, 2.24) is 19.8 Å². The van der Waals surface area contributed by atoms with Crippen LogP contribution in [0.2, 0.25) is 0 Å². The molecule has 4 nitrogen and oxygen atoms in total. The van der Waals surface area contributed by atoms with E-state index < -0.39 is 0 Å². The van der Waals surface area contributed by atoms with Crippen molar-refractivity contribution in [2.24, 2.45) is 5.41 Å². The predicted octanol–water partition coefficient (Wildman–Crippen LogP) is 0.724. The first-order valence-corrected chi connectivity index (χ1v) is 6.39. The molecule has 1 aromatic heterocycles. The molecule has 2 saturated heterocycles. The van der Waals surface area contributed by atoms with Crippen molar-refractivity contribution in [2.45, 2.75) is 19.4 Å². The molecule has 0 saturated carbocycles. The van der Waals surface area contributed by atoms with Crippen LogP contribution in [0.1, 0.15) is 18.5 Å². The largest absolute Gasteiger partial charge is 0.316 e. The average molecular weight is 224 g/mol. The monoisotopic (exact) mass is 224 g/mol. The van der Waals surface area contributed by atoms with Gasteiger partial charge < -0.3 is 5.32 Å². The standard InChI is InChI=1S/C10H16N4S/c1-3-11-7-10(1)2-4-14(8-10)5-9-6-15-13-12-9/h6,11H,1-5,7-8H2. The Morgan fingerprint density at radius 1 is 1.53 bits per heavy atom. The molecule has 0 radical (unpaired) electrons. The average Bonchev–Trinajstić information content (AvgIpc) is 2.92. The smallest absolute Gasteiger partial charge is 0.0895 e. The van der Waals surface area contributed by atoms with Crippen LogP contribution in [0.4, 0.5) is 0 Å². The molecule has 1 unspecified atom stereocenters. The lowest BCUT2D eigenvalue weighted by Crippen LogP contribution is -2.29. The van der Waals surface area contributed by atoms with Gasteiger partial charge in [0.25, 0.3) is 0 Å².